The quantitative estimate of drug-likeness (QED) is 0.665. The number of ether oxygens (including phenoxy) is 1. The van der Waals surface area contributed by atoms with Gasteiger partial charge >= 0.3 is 6.09 Å². The molecule has 0 spiro atoms. The summed E-state index contributed by atoms with van der Waals surface area (Å²) in [4.78, 5) is 11.6. The molecule has 0 aromatic heterocycles. The van der Waals surface area contributed by atoms with Crippen LogP contribution in [-0.2, 0) is 14.8 Å². The summed E-state index contributed by atoms with van der Waals surface area (Å²) >= 11 is 6.43. The average Bonchev–Trinajstić information content (AvgIpc) is 2.35. The Morgan fingerprint density at radius 1 is 1.23 bits per heavy atom. The number of carbonyl (C=O) groups is 1. The van der Waals surface area contributed by atoms with Crippen molar-refractivity contribution in [2.45, 2.75) is 31.3 Å². The average molecular weight is 458 g/mol. The summed E-state index contributed by atoms with van der Waals surface area (Å²) < 4.78 is 32.9. The fraction of sp³-hybridized carbons (Fsp3) is 0.462. The van der Waals surface area contributed by atoms with E-state index in [-0.39, 0.29) is 18.0 Å². The lowest BCUT2D eigenvalue weighted by molar-refractivity contribution is 0.0529. The van der Waals surface area contributed by atoms with Crippen LogP contribution in [0.5, 0.6) is 0 Å². The van der Waals surface area contributed by atoms with Crippen LogP contribution in [0.25, 0.3) is 0 Å². The maximum Gasteiger partial charge on any atom is 0.407 e. The molecule has 124 valence electrons. The van der Waals surface area contributed by atoms with Crippen molar-refractivity contribution >= 4 is 48.0 Å². The highest BCUT2D eigenvalue weighted by Crippen LogP contribution is 2.25. The molecule has 1 aromatic carbocycles. The van der Waals surface area contributed by atoms with Crippen LogP contribution in [0.4, 0.5) is 4.79 Å². The van der Waals surface area contributed by atoms with Crippen LogP contribution >= 0.6 is 31.9 Å². The molecule has 0 atom stereocenters. The molecular weight excluding hydrogens is 440 g/mol. The summed E-state index contributed by atoms with van der Waals surface area (Å²) in [6.07, 6.45) is -0.588. The zero-order valence-electron chi connectivity index (χ0n) is 12.4. The number of hydrogen-bond acceptors (Lipinski definition) is 4. The van der Waals surface area contributed by atoms with Gasteiger partial charge in [0.15, 0.2) is 0 Å². The second kappa shape index (κ2) is 7.76. The predicted molar refractivity (Wildman–Crippen MR) is 91.3 cm³/mol. The van der Waals surface area contributed by atoms with E-state index in [1.54, 1.807) is 32.9 Å². The normalized spacial score (nSPS) is 12.0. The molecule has 0 aliphatic carbocycles. The van der Waals surface area contributed by atoms with Crippen molar-refractivity contribution in [1.82, 2.24) is 10.0 Å². The Bertz CT molecular complexity index is 642. The van der Waals surface area contributed by atoms with Crippen molar-refractivity contribution in [1.29, 1.82) is 0 Å². The van der Waals surface area contributed by atoms with E-state index in [1.807, 2.05) is 0 Å². The molecule has 0 saturated heterocycles. The van der Waals surface area contributed by atoms with Gasteiger partial charge in [0.2, 0.25) is 10.0 Å². The number of nitrogens with one attached hydrogen (secondary N) is 2. The zero-order valence-corrected chi connectivity index (χ0v) is 16.4. The molecule has 0 aliphatic heterocycles. The van der Waals surface area contributed by atoms with Crippen LogP contribution in [0.2, 0.25) is 0 Å². The van der Waals surface area contributed by atoms with E-state index in [0.717, 1.165) is 0 Å². The van der Waals surface area contributed by atoms with Gasteiger partial charge in [0.25, 0.3) is 0 Å². The van der Waals surface area contributed by atoms with Crippen LogP contribution in [0.1, 0.15) is 20.8 Å². The zero-order chi connectivity index (χ0) is 17.0. The lowest BCUT2D eigenvalue weighted by Gasteiger charge is -2.19. The molecule has 1 rings (SSSR count). The molecule has 1 aromatic rings. The molecule has 0 fully saturated rings. The molecule has 0 unspecified atom stereocenters. The first kappa shape index (κ1) is 19.4. The Hall–Kier alpha value is -0.640. The maximum atomic E-state index is 12.2. The van der Waals surface area contributed by atoms with Gasteiger partial charge in [-0.1, -0.05) is 15.9 Å². The van der Waals surface area contributed by atoms with Gasteiger partial charge in [-0.3, -0.25) is 0 Å². The number of hydrogen-bond donors (Lipinski definition) is 2. The van der Waals surface area contributed by atoms with Gasteiger partial charge in [-0.25, -0.2) is 17.9 Å². The van der Waals surface area contributed by atoms with E-state index >= 15 is 0 Å². The topological polar surface area (TPSA) is 84.5 Å². The number of sulfonamides is 1. The summed E-state index contributed by atoms with van der Waals surface area (Å²) in [5.41, 5.74) is -0.592. The van der Waals surface area contributed by atoms with Gasteiger partial charge in [-0.05, 0) is 54.9 Å². The molecule has 0 aliphatic rings. The van der Waals surface area contributed by atoms with E-state index in [9.17, 15) is 13.2 Å². The largest absolute Gasteiger partial charge is 0.444 e. The summed E-state index contributed by atoms with van der Waals surface area (Å²) in [6, 6.07) is 4.86. The third-order valence-corrected chi connectivity index (χ3v) is 5.22. The van der Waals surface area contributed by atoms with E-state index in [0.29, 0.717) is 8.95 Å². The Morgan fingerprint density at radius 3 is 2.45 bits per heavy atom. The minimum Gasteiger partial charge on any atom is -0.444 e. The maximum absolute atomic E-state index is 12.2. The number of rotatable bonds is 5. The second-order valence-corrected chi connectivity index (χ2v) is 8.91. The molecule has 22 heavy (non-hydrogen) atoms. The minimum atomic E-state index is -3.67. The smallest absolute Gasteiger partial charge is 0.407 e. The number of amides is 1. The molecule has 0 saturated carbocycles. The summed E-state index contributed by atoms with van der Waals surface area (Å²) in [5, 5.41) is 2.48. The number of carbonyl (C=O) groups excluding carboxylic acids is 1. The molecule has 0 heterocycles. The van der Waals surface area contributed by atoms with Crippen molar-refractivity contribution in [2.75, 3.05) is 13.1 Å². The summed E-state index contributed by atoms with van der Waals surface area (Å²) in [6.45, 7) is 5.43. The third kappa shape index (κ3) is 6.64. The molecular formula is C13H18Br2N2O4S. The lowest BCUT2D eigenvalue weighted by atomic mass is 10.2. The van der Waals surface area contributed by atoms with Crippen LogP contribution in [0.3, 0.4) is 0 Å². The Labute approximate surface area is 147 Å². The Morgan fingerprint density at radius 2 is 1.86 bits per heavy atom. The van der Waals surface area contributed by atoms with Crippen LogP contribution < -0.4 is 10.0 Å². The first-order valence-corrected chi connectivity index (χ1v) is 9.50. The molecule has 9 heteroatoms. The van der Waals surface area contributed by atoms with Gasteiger partial charge in [-0.2, -0.15) is 0 Å². The van der Waals surface area contributed by atoms with Crippen LogP contribution in [0, 0.1) is 0 Å². The lowest BCUT2D eigenvalue weighted by Crippen LogP contribution is -2.37. The van der Waals surface area contributed by atoms with E-state index in [1.165, 1.54) is 6.07 Å². The van der Waals surface area contributed by atoms with Crippen molar-refractivity contribution in [3.63, 3.8) is 0 Å². The molecule has 1 amide bonds. The number of halogens is 2. The number of benzene rings is 1. The Kier molecular flexibility index (Phi) is 6.84. The SMILES string of the molecule is CC(C)(C)OC(=O)NCCNS(=O)(=O)c1cc(Br)ccc1Br. The molecule has 0 bridgehead atoms. The summed E-state index contributed by atoms with van der Waals surface area (Å²) in [5.74, 6) is 0. The van der Waals surface area contributed by atoms with E-state index in [2.05, 4.69) is 41.9 Å². The highest BCUT2D eigenvalue weighted by molar-refractivity contribution is 9.11. The van der Waals surface area contributed by atoms with E-state index < -0.39 is 21.7 Å². The van der Waals surface area contributed by atoms with E-state index in [4.69, 9.17) is 4.74 Å². The molecule has 2 N–H and O–H groups in total. The van der Waals surface area contributed by atoms with Crippen molar-refractivity contribution in [2.24, 2.45) is 0 Å². The van der Waals surface area contributed by atoms with Crippen molar-refractivity contribution in [3.05, 3.63) is 27.1 Å². The van der Waals surface area contributed by atoms with Gasteiger partial charge in [0.1, 0.15) is 5.60 Å². The summed E-state index contributed by atoms with van der Waals surface area (Å²) in [7, 11) is -3.67. The number of alkyl carbamates (subject to hydrolysis) is 1. The van der Waals surface area contributed by atoms with Crippen molar-refractivity contribution in [3.8, 4) is 0 Å². The van der Waals surface area contributed by atoms with Gasteiger partial charge < -0.3 is 10.1 Å². The third-order valence-electron chi connectivity index (χ3n) is 2.27. The minimum absolute atomic E-state index is 0.0561. The highest BCUT2D eigenvalue weighted by Gasteiger charge is 2.18. The fourth-order valence-corrected chi connectivity index (χ4v) is 3.96. The fourth-order valence-electron chi connectivity index (χ4n) is 1.43. The van der Waals surface area contributed by atoms with Gasteiger partial charge in [-0.15, -0.1) is 0 Å². The molecule has 0 radical (unpaired) electrons. The first-order chi connectivity index (χ1) is 10.0. The first-order valence-electron chi connectivity index (χ1n) is 6.43. The second-order valence-electron chi connectivity index (χ2n) is 5.40. The highest BCUT2D eigenvalue weighted by atomic mass is 79.9. The van der Waals surface area contributed by atoms with Gasteiger partial charge in [0, 0.05) is 22.0 Å². The Balaban J connectivity index is 2.54. The monoisotopic (exact) mass is 456 g/mol. The van der Waals surface area contributed by atoms with Crippen LogP contribution in [0.15, 0.2) is 32.0 Å². The van der Waals surface area contributed by atoms with Gasteiger partial charge in [0.05, 0.1) is 4.90 Å². The van der Waals surface area contributed by atoms with Crippen molar-refractivity contribution < 1.29 is 17.9 Å². The standard InChI is InChI=1S/C13H18Br2N2O4S/c1-13(2,3)21-12(18)16-6-7-17-22(19,20)11-8-9(14)4-5-10(11)15/h4-5,8,17H,6-7H2,1-3H3,(H,16,18). The predicted octanol–water partition coefficient (Wildman–Crippen LogP) is 3.01. The molecule has 6 nitrogen and oxygen atoms in total. The van der Waals surface area contributed by atoms with Crippen LogP contribution in [-0.4, -0.2) is 33.2 Å².